The van der Waals surface area contributed by atoms with Gasteiger partial charge in [0.05, 0.1) is 42.7 Å². The predicted molar refractivity (Wildman–Crippen MR) is 360 cm³/mol. The Balaban J connectivity index is 1.02. The highest BCUT2D eigenvalue weighted by Gasteiger charge is 2.49. The van der Waals surface area contributed by atoms with Gasteiger partial charge in [-0.2, -0.15) is 0 Å². The lowest BCUT2D eigenvalue weighted by atomic mass is 9.67. The van der Waals surface area contributed by atoms with Crippen molar-refractivity contribution in [3.8, 4) is 65.4 Å². The van der Waals surface area contributed by atoms with Crippen molar-refractivity contribution in [1.29, 1.82) is 0 Å². The summed E-state index contributed by atoms with van der Waals surface area (Å²) in [5.41, 5.74) is 21.9. The number of fused-ring (bicyclic) bond motifs is 13. The average molecular weight is 1160 g/mol. The maximum atomic E-state index is 12.1. The van der Waals surface area contributed by atoms with E-state index in [9.17, 15) is 19.8 Å². The van der Waals surface area contributed by atoms with Crippen LogP contribution in [-0.2, 0) is 10.8 Å². The number of hydrogen-bond donors (Lipinski definition) is 2. The van der Waals surface area contributed by atoms with Gasteiger partial charge >= 0.3 is 11.9 Å². The number of benzene rings is 13. The van der Waals surface area contributed by atoms with Crippen molar-refractivity contribution in [2.45, 2.75) is 10.8 Å². The number of carboxylic acids is 2. The first-order valence-electron chi connectivity index (χ1n) is 29.8. The first-order chi connectivity index (χ1) is 43.8. The normalized spacial score (nSPS) is 13.3. The lowest BCUT2D eigenvalue weighted by molar-refractivity contribution is 0.0686. The van der Waals surface area contributed by atoms with Crippen LogP contribution in [-0.4, -0.2) is 32.1 Å². The minimum Gasteiger partial charge on any atom is -0.478 e. The van der Waals surface area contributed by atoms with Crippen molar-refractivity contribution in [2.24, 2.45) is 0 Å². The molecule has 2 aliphatic carbocycles. The molecule has 418 valence electrons. The number of rotatable bonds is 10. The van der Waals surface area contributed by atoms with Gasteiger partial charge in [-0.05, 0) is 136 Å². The van der Waals surface area contributed by atoms with Crippen LogP contribution < -0.4 is 0 Å². The molecule has 6 nitrogen and oxygen atoms in total. The number of hydrogen-bond acceptors (Lipinski definition) is 5. The van der Waals surface area contributed by atoms with Gasteiger partial charge in [0, 0.05) is 21.9 Å². The molecule has 17 rings (SSSR count). The van der Waals surface area contributed by atoms with Crippen molar-refractivity contribution in [3.63, 3.8) is 0 Å². The topological polar surface area (TPSA) is 100 Å². The first kappa shape index (κ1) is 52.0. The van der Waals surface area contributed by atoms with E-state index in [1.807, 2.05) is 24.3 Å². The Morgan fingerprint density at radius 1 is 0.292 bits per heavy atom. The molecule has 2 N–H and O–H groups in total. The summed E-state index contributed by atoms with van der Waals surface area (Å²) in [4.78, 5) is 38.3. The molecule has 0 aliphatic heterocycles. The van der Waals surface area contributed by atoms with E-state index in [4.69, 9.17) is 9.97 Å². The minimum absolute atomic E-state index is 0.214. The molecule has 0 amide bonds. The molecule has 7 heteroatoms. The monoisotopic (exact) mass is 1160 g/mol. The Kier molecular flexibility index (Phi) is 11.7. The zero-order valence-electron chi connectivity index (χ0n) is 47.7. The number of nitrogens with zero attached hydrogens (tertiary/aromatic N) is 2. The molecule has 0 saturated heterocycles. The van der Waals surface area contributed by atoms with E-state index in [1.165, 1.54) is 44.5 Å². The summed E-state index contributed by atoms with van der Waals surface area (Å²) in [5, 5.41) is 23.6. The molecule has 0 spiro atoms. The van der Waals surface area contributed by atoms with Crippen LogP contribution in [0.2, 0.25) is 0 Å². The summed E-state index contributed by atoms with van der Waals surface area (Å²) in [6, 6.07) is 102. The van der Waals surface area contributed by atoms with Crippen LogP contribution in [0.3, 0.4) is 0 Å². The number of aromatic nitrogens is 2. The maximum absolute atomic E-state index is 12.1. The Morgan fingerprint density at radius 3 is 0.966 bits per heavy atom. The predicted octanol–water partition coefficient (Wildman–Crippen LogP) is 19.9. The molecule has 2 aromatic heterocycles. The summed E-state index contributed by atoms with van der Waals surface area (Å²) >= 11 is 1.75. The molecule has 0 bridgehead atoms. The van der Waals surface area contributed by atoms with Crippen LogP contribution in [0.4, 0.5) is 0 Å². The van der Waals surface area contributed by atoms with Crippen molar-refractivity contribution >= 4 is 66.9 Å². The van der Waals surface area contributed by atoms with Gasteiger partial charge in [0.1, 0.15) is 11.0 Å². The van der Waals surface area contributed by atoms with Gasteiger partial charge < -0.3 is 10.2 Å². The molecule has 2 aliphatic rings. The Hall–Kier alpha value is -11.4. The average Bonchev–Trinajstić information content (AvgIpc) is 1.56. The summed E-state index contributed by atoms with van der Waals surface area (Å²) in [6.45, 7) is 0. The number of thiophene rings is 1. The number of carbonyl (C=O) groups is 2. The van der Waals surface area contributed by atoms with Crippen LogP contribution in [0.25, 0.3) is 109 Å². The summed E-state index contributed by atoms with van der Waals surface area (Å²) < 4.78 is 0. The van der Waals surface area contributed by atoms with Crippen LogP contribution in [0, 0.1) is 0 Å². The standard InChI is InChI=1S/C82H50N2O4S/c85-79(86)51-39-35-49(36-40-51)53-43-45-59-60-46-44-54(50-37-41-52(42-38-50)80(87)88)48-66(60)74-73(65(59)47-53)83-75-76(84-74)78(64-30-18-34-70-72(64)62-28-14-16-32-68(62)82(70,57-23-9-3-10-24-57)58-25-11-4-12-26-58)89-77(75)63-29-17-33-69-71(63)61-27-13-15-31-67(61)81(69,55-19-5-1-6-20-55)56-21-7-2-8-22-56/h1-48H,(H,85,86)(H,87,88). The fourth-order valence-corrected chi connectivity index (χ4v) is 16.2. The van der Waals surface area contributed by atoms with E-state index in [0.29, 0.717) is 0 Å². The third-order valence-corrected chi connectivity index (χ3v) is 20.0. The molecule has 13 aromatic carbocycles. The molecule has 0 fully saturated rings. The van der Waals surface area contributed by atoms with Crippen LogP contribution >= 0.6 is 11.3 Å². The summed E-state index contributed by atoms with van der Waals surface area (Å²) in [6.07, 6.45) is 0. The van der Waals surface area contributed by atoms with Crippen LogP contribution in [0.1, 0.15) is 65.2 Å². The van der Waals surface area contributed by atoms with Gasteiger partial charge in [-0.15, -0.1) is 11.3 Å². The molecule has 0 unspecified atom stereocenters. The number of carboxylic acid groups (broad SMARTS) is 2. The van der Waals surface area contributed by atoms with Gasteiger partial charge in [-0.1, -0.05) is 255 Å². The van der Waals surface area contributed by atoms with E-state index in [0.717, 1.165) is 109 Å². The van der Waals surface area contributed by atoms with Gasteiger partial charge in [0.15, 0.2) is 0 Å². The summed E-state index contributed by atoms with van der Waals surface area (Å²) in [7, 11) is 0. The van der Waals surface area contributed by atoms with E-state index in [2.05, 4.69) is 243 Å². The van der Waals surface area contributed by atoms with Crippen LogP contribution in [0.5, 0.6) is 0 Å². The van der Waals surface area contributed by atoms with E-state index in [-0.39, 0.29) is 11.1 Å². The van der Waals surface area contributed by atoms with Crippen molar-refractivity contribution in [3.05, 3.63) is 347 Å². The van der Waals surface area contributed by atoms with Gasteiger partial charge in [0.25, 0.3) is 0 Å². The highest BCUT2D eigenvalue weighted by molar-refractivity contribution is 7.21. The van der Waals surface area contributed by atoms with E-state index >= 15 is 0 Å². The molecule has 15 aromatic rings. The third kappa shape index (κ3) is 7.62. The SMILES string of the molecule is O=C(O)c1ccc(-c2ccc3c4ccc(-c5ccc(C(=O)O)cc5)cc4c4nc5c(-c6cccc7c6-c6ccccc6C7(c6ccccc6)c6ccccc6)sc(-c6cccc7c6-c6ccccc6C7(c6ccccc6)c6ccccc6)c5nc4c3c2)cc1. The maximum Gasteiger partial charge on any atom is 0.335 e. The molecule has 0 radical (unpaired) electrons. The van der Waals surface area contributed by atoms with Gasteiger partial charge in [-0.25, -0.2) is 19.6 Å². The zero-order chi connectivity index (χ0) is 59.5. The first-order valence-corrected chi connectivity index (χ1v) is 30.6. The smallest absolute Gasteiger partial charge is 0.335 e. The Labute approximate surface area is 516 Å². The van der Waals surface area contributed by atoms with Crippen molar-refractivity contribution in [2.75, 3.05) is 0 Å². The molecular formula is C82H50N2O4S. The van der Waals surface area contributed by atoms with Gasteiger partial charge in [-0.3, -0.25) is 0 Å². The van der Waals surface area contributed by atoms with E-state index in [1.54, 1.807) is 35.6 Å². The lowest BCUT2D eigenvalue weighted by Crippen LogP contribution is -2.28. The second kappa shape index (κ2) is 20.1. The highest BCUT2D eigenvalue weighted by Crippen LogP contribution is 2.62. The second-order valence-electron chi connectivity index (χ2n) is 23.2. The Bertz CT molecular complexity index is 5000. The molecule has 0 atom stereocenters. The van der Waals surface area contributed by atoms with Crippen LogP contribution in [0.15, 0.2) is 291 Å². The fraction of sp³-hybridized carbons (Fsp3) is 0.0244. The number of aromatic carboxylic acids is 2. The van der Waals surface area contributed by atoms with Crippen molar-refractivity contribution < 1.29 is 19.8 Å². The molecular weight excluding hydrogens is 1110 g/mol. The Morgan fingerprint density at radius 2 is 0.607 bits per heavy atom. The quantitative estimate of drug-likeness (QED) is 0.132. The molecule has 2 heterocycles. The lowest BCUT2D eigenvalue weighted by Gasteiger charge is -2.34. The zero-order valence-corrected chi connectivity index (χ0v) is 48.5. The molecule has 89 heavy (non-hydrogen) atoms. The largest absolute Gasteiger partial charge is 0.478 e. The molecule has 0 saturated carbocycles. The minimum atomic E-state index is -0.982. The highest BCUT2D eigenvalue weighted by atomic mass is 32.1. The third-order valence-electron chi connectivity index (χ3n) is 18.8. The fourth-order valence-electron chi connectivity index (χ4n) is 15.0. The van der Waals surface area contributed by atoms with Crippen molar-refractivity contribution in [1.82, 2.24) is 9.97 Å². The van der Waals surface area contributed by atoms with E-state index < -0.39 is 22.8 Å². The second-order valence-corrected chi connectivity index (χ2v) is 24.2. The summed E-state index contributed by atoms with van der Waals surface area (Å²) in [5.74, 6) is -1.96. The van der Waals surface area contributed by atoms with Gasteiger partial charge in [0.2, 0.25) is 0 Å².